The van der Waals surface area contributed by atoms with Gasteiger partial charge in [0.25, 0.3) is 0 Å². The minimum atomic E-state index is -0.901. The lowest BCUT2D eigenvalue weighted by molar-refractivity contribution is 0.122. The van der Waals surface area contributed by atoms with Crippen molar-refractivity contribution in [2.45, 2.75) is 45.1 Å². The van der Waals surface area contributed by atoms with Crippen LogP contribution in [0.1, 0.15) is 39.2 Å². The van der Waals surface area contributed by atoms with Gasteiger partial charge in [-0.3, -0.25) is 0 Å². The van der Waals surface area contributed by atoms with E-state index in [1.54, 1.807) is 18.4 Å². The van der Waals surface area contributed by atoms with E-state index in [0.29, 0.717) is 62.6 Å². The van der Waals surface area contributed by atoms with E-state index in [2.05, 4.69) is 49.2 Å². The third-order valence-corrected chi connectivity index (χ3v) is 7.91. The number of carbonyl (C=O) groups is 1. The quantitative estimate of drug-likeness (QED) is 0.498. The van der Waals surface area contributed by atoms with Gasteiger partial charge in [0, 0.05) is 32.2 Å². The van der Waals surface area contributed by atoms with E-state index < -0.39 is 6.09 Å². The molecule has 0 unspecified atom stereocenters. The van der Waals surface area contributed by atoms with Crippen molar-refractivity contribution in [2.24, 2.45) is 0 Å². The molecule has 4 heterocycles. The number of ether oxygens (including phenoxy) is 2. The fourth-order valence-electron chi connectivity index (χ4n) is 4.74. The molecular weight excluding hydrogens is 492 g/mol. The number of thiazole rings is 1. The Hall–Kier alpha value is -3.18. The molecule has 10 nitrogen and oxygen atoms in total. The van der Waals surface area contributed by atoms with Gasteiger partial charge in [0.05, 0.1) is 30.5 Å². The van der Waals surface area contributed by atoms with Gasteiger partial charge < -0.3 is 29.7 Å². The number of aromatic nitrogens is 3. The first kappa shape index (κ1) is 25.5. The van der Waals surface area contributed by atoms with E-state index in [1.165, 1.54) is 10.5 Å². The highest BCUT2D eigenvalue weighted by Crippen LogP contribution is 2.41. The van der Waals surface area contributed by atoms with Crippen molar-refractivity contribution >= 4 is 39.4 Å². The first-order chi connectivity index (χ1) is 17.7. The van der Waals surface area contributed by atoms with Gasteiger partial charge in [0.1, 0.15) is 16.4 Å². The smallest absolute Gasteiger partial charge is 0.407 e. The number of nitrogens with one attached hydrogen (secondary N) is 1. The molecule has 0 radical (unpaired) electrons. The number of carboxylic acid groups (broad SMARTS) is 1. The standard InChI is InChI=1S/C26H34N6O4S/c1-26(2,3)16-7-8-19-18(14-16)28-23(37-19)20-21(27-17-6-5-9-32(15-17)25(33)34)29-24(30-22(20)35-4)31-10-12-36-13-11-31/h7-8,14,17H,5-6,9-13,15H2,1-4H3,(H,33,34)(H,27,29,30)/t17-/m1/s1. The zero-order valence-corrected chi connectivity index (χ0v) is 22.6. The molecular formula is C26H34N6O4S. The zero-order chi connectivity index (χ0) is 26.2. The molecule has 5 rings (SSSR count). The van der Waals surface area contributed by atoms with Crippen LogP contribution in [0.4, 0.5) is 16.6 Å². The molecule has 2 aliphatic heterocycles. The predicted molar refractivity (Wildman–Crippen MR) is 145 cm³/mol. The highest BCUT2D eigenvalue weighted by Gasteiger charge is 2.28. The lowest BCUT2D eigenvalue weighted by atomic mass is 9.87. The van der Waals surface area contributed by atoms with Gasteiger partial charge >= 0.3 is 6.09 Å². The number of morpholine rings is 1. The number of anilines is 2. The number of methoxy groups -OCH3 is 1. The number of hydrogen-bond acceptors (Lipinski definition) is 9. The number of amides is 1. The van der Waals surface area contributed by atoms with Crippen molar-refractivity contribution in [3.05, 3.63) is 23.8 Å². The molecule has 1 aromatic carbocycles. The minimum absolute atomic E-state index is 0.0162. The Bertz CT molecular complexity index is 1280. The molecule has 1 atom stereocenters. The molecule has 2 aliphatic rings. The van der Waals surface area contributed by atoms with Crippen molar-refractivity contribution in [3.8, 4) is 16.5 Å². The Morgan fingerprint density at radius 2 is 1.97 bits per heavy atom. The lowest BCUT2D eigenvalue weighted by Gasteiger charge is -2.32. The van der Waals surface area contributed by atoms with E-state index in [4.69, 9.17) is 24.4 Å². The fourth-order valence-corrected chi connectivity index (χ4v) is 5.73. The second-order valence-electron chi connectivity index (χ2n) is 10.5. The summed E-state index contributed by atoms with van der Waals surface area (Å²) >= 11 is 1.57. The van der Waals surface area contributed by atoms with Crippen LogP contribution in [0.5, 0.6) is 5.88 Å². The maximum atomic E-state index is 11.6. The first-order valence-electron chi connectivity index (χ1n) is 12.7. The summed E-state index contributed by atoms with van der Waals surface area (Å²) in [6.45, 7) is 10.1. The normalized spacial score (nSPS) is 18.8. The van der Waals surface area contributed by atoms with Gasteiger partial charge in [0.2, 0.25) is 11.8 Å². The number of nitrogens with zero attached hydrogens (tertiary/aromatic N) is 5. The average Bonchev–Trinajstić information content (AvgIpc) is 3.31. The van der Waals surface area contributed by atoms with Gasteiger partial charge in [-0.1, -0.05) is 26.8 Å². The monoisotopic (exact) mass is 526 g/mol. The highest BCUT2D eigenvalue weighted by molar-refractivity contribution is 7.21. The maximum absolute atomic E-state index is 11.6. The van der Waals surface area contributed by atoms with Crippen LogP contribution in [0, 0.1) is 0 Å². The molecule has 3 aromatic rings. The molecule has 11 heteroatoms. The van der Waals surface area contributed by atoms with E-state index in [9.17, 15) is 9.90 Å². The Balaban J connectivity index is 1.59. The van der Waals surface area contributed by atoms with Crippen molar-refractivity contribution in [1.82, 2.24) is 19.9 Å². The summed E-state index contributed by atoms with van der Waals surface area (Å²) in [5.41, 5.74) is 2.86. The summed E-state index contributed by atoms with van der Waals surface area (Å²) in [5.74, 6) is 1.62. The molecule has 2 fully saturated rings. The van der Waals surface area contributed by atoms with Crippen LogP contribution in [0.15, 0.2) is 18.2 Å². The van der Waals surface area contributed by atoms with Gasteiger partial charge in [-0.25, -0.2) is 9.78 Å². The first-order valence-corrected chi connectivity index (χ1v) is 13.5. The topological polar surface area (TPSA) is 113 Å². The molecule has 0 spiro atoms. The Morgan fingerprint density at radius 3 is 2.68 bits per heavy atom. The molecule has 198 valence electrons. The molecule has 37 heavy (non-hydrogen) atoms. The van der Waals surface area contributed by atoms with Crippen LogP contribution < -0.4 is 15.0 Å². The van der Waals surface area contributed by atoms with Crippen LogP contribution in [-0.2, 0) is 10.2 Å². The van der Waals surface area contributed by atoms with E-state index in [0.717, 1.165) is 28.1 Å². The van der Waals surface area contributed by atoms with Crippen LogP contribution in [-0.4, -0.2) is 83.6 Å². The number of hydrogen-bond donors (Lipinski definition) is 2. The van der Waals surface area contributed by atoms with Crippen molar-refractivity contribution < 1.29 is 19.4 Å². The Morgan fingerprint density at radius 1 is 1.19 bits per heavy atom. The SMILES string of the molecule is COc1nc(N2CCOCC2)nc(N[C@@H]2CCCN(C(=O)O)C2)c1-c1nc2cc(C(C)(C)C)ccc2s1. The summed E-state index contributed by atoms with van der Waals surface area (Å²) in [7, 11) is 1.61. The third kappa shape index (κ3) is 5.42. The summed E-state index contributed by atoms with van der Waals surface area (Å²) < 4.78 is 12.4. The maximum Gasteiger partial charge on any atom is 0.407 e. The molecule has 0 aliphatic carbocycles. The molecule has 2 saturated heterocycles. The van der Waals surface area contributed by atoms with Crippen LogP contribution in [0.25, 0.3) is 20.8 Å². The third-order valence-electron chi connectivity index (χ3n) is 6.85. The highest BCUT2D eigenvalue weighted by atomic mass is 32.1. The summed E-state index contributed by atoms with van der Waals surface area (Å²) in [4.78, 5) is 29.9. The van der Waals surface area contributed by atoms with Gasteiger partial charge in [-0.15, -0.1) is 11.3 Å². The number of fused-ring (bicyclic) bond motifs is 1. The van der Waals surface area contributed by atoms with Crippen molar-refractivity contribution in [2.75, 3.05) is 56.7 Å². The predicted octanol–water partition coefficient (Wildman–Crippen LogP) is 4.45. The lowest BCUT2D eigenvalue weighted by Crippen LogP contribution is -2.44. The zero-order valence-electron chi connectivity index (χ0n) is 21.8. The Kier molecular flexibility index (Phi) is 7.09. The van der Waals surface area contributed by atoms with Gasteiger partial charge in [-0.2, -0.15) is 9.97 Å². The fraction of sp³-hybridized carbons (Fsp3) is 0.538. The summed E-state index contributed by atoms with van der Waals surface area (Å²) in [6.07, 6.45) is 0.730. The van der Waals surface area contributed by atoms with E-state index in [-0.39, 0.29) is 11.5 Å². The molecule has 0 saturated carbocycles. The molecule has 0 bridgehead atoms. The van der Waals surface area contributed by atoms with Crippen molar-refractivity contribution in [3.63, 3.8) is 0 Å². The molecule has 2 N–H and O–H groups in total. The second-order valence-corrected chi connectivity index (χ2v) is 11.6. The van der Waals surface area contributed by atoms with Gasteiger partial charge in [-0.05, 0) is 36.0 Å². The summed E-state index contributed by atoms with van der Waals surface area (Å²) in [6, 6.07) is 6.33. The number of rotatable bonds is 5. The van der Waals surface area contributed by atoms with Crippen LogP contribution in [0.2, 0.25) is 0 Å². The van der Waals surface area contributed by atoms with Crippen LogP contribution >= 0.6 is 11.3 Å². The summed E-state index contributed by atoms with van der Waals surface area (Å²) in [5, 5.41) is 13.8. The number of piperidine rings is 1. The molecule has 1 amide bonds. The Labute approximate surface area is 220 Å². The second kappa shape index (κ2) is 10.3. The van der Waals surface area contributed by atoms with E-state index in [1.807, 2.05) is 0 Å². The van der Waals surface area contributed by atoms with Crippen molar-refractivity contribution in [1.29, 1.82) is 0 Å². The van der Waals surface area contributed by atoms with E-state index >= 15 is 0 Å². The average molecular weight is 527 g/mol. The molecule has 2 aromatic heterocycles. The van der Waals surface area contributed by atoms with Gasteiger partial charge in [0.15, 0.2) is 0 Å². The minimum Gasteiger partial charge on any atom is -0.480 e. The number of benzene rings is 1. The number of likely N-dealkylation sites (tertiary alicyclic amines) is 1. The largest absolute Gasteiger partial charge is 0.480 e. The van der Waals surface area contributed by atoms with Crippen LogP contribution in [0.3, 0.4) is 0 Å².